The highest BCUT2D eigenvalue weighted by Gasteiger charge is 2.53. The van der Waals surface area contributed by atoms with E-state index in [1.807, 2.05) is 12.1 Å². The Morgan fingerprint density at radius 1 is 1.17 bits per heavy atom. The smallest absolute Gasteiger partial charge is 0.329 e. The number of aromatic nitrogens is 1. The van der Waals surface area contributed by atoms with Crippen molar-refractivity contribution in [2.75, 3.05) is 26.4 Å². The number of hydrogen-bond donors (Lipinski definition) is 1. The highest BCUT2D eigenvalue weighted by molar-refractivity contribution is 5.67. The van der Waals surface area contributed by atoms with E-state index in [2.05, 4.69) is 4.98 Å². The summed E-state index contributed by atoms with van der Waals surface area (Å²) in [5.74, 6) is -2.41. The van der Waals surface area contributed by atoms with Crippen LogP contribution in [0, 0.1) is 17.0 Å². The van der Waals surface area contributed by atoms with Crippen molar-refractivity contribution in [2.24, 2.45) is 5.41 Å². The molecule has 0 amide bonds. The first-order valence-corrected chi connectivity index (χ1v) is 9.88. The van der Waals surface area contributed by atoms with Crippen molar-refractivity contribution in [3.8, 4) is 11.6 Å². The number of hydrogen-bond acceptors (Lipinski definition) is 5. The Bertz CT molecular complexity index is 939. The van der Waals surface area contributed by atoms with Gasteiger partial charge < -0.3 is 19.3 Å². The first-order valence-electron chi connectivity index (χ1n) is 9.88. The van der Waals surface area contributed by atoms with Crippen molar-refractivity contribution in [2.45, 2.75) is 31.1 Å². The second kappa shape index (κ2) is 8.28. The van der Waals surface area contributed by atoms with Crippen LogP contribution in [-0.4, -0.2) is 42.5 Å². The lowest BCUT2D eigenvalue weighted by Gasteiger charge is -2.39. The lowest BCUT2D eigenvalue weighted by Crippen LogP contribution is -2.40. The number of pyridine rings is 1. The number of fused-ring (bicyclic) bond motifs is 2. The average Bonchev–Trinajstić information content (AvgIpc) is 3.00. The number of ether oxygens (including phenoxy) is 3. The predicted octanol–water partition coefficient (Wildman–Crippen LogP) is 4.08. The topological polar surface area (TPSA) is 77.9 Å². The first kappa shape index (κ1) is 20.7. The molecule has 1 aliphatic heterocycles. The number of carboxylic acid groups (broad SMARTS) is 1. The fourth-order valence-electron chi connectivity index (χ4n) is 4.56. The summed E-state index contributed by atoms with van der Waals surface area (Å²) in [5, 5.41) is 8.72. The highest BCUT2D eigenvalue weighted by Crippen LogP contribution is 2.55. The Hall–Kier alpha value is -2.58. The van der Waals surface area contributed by atoms with Gasteiger partial charge in [0.25, 0.3) is 0 Å². The molecular formula is C22H23F2NO5. The van der Waals surface area contributed by atoms with Crippen LogP contribution in [0.15, 0.2) is 36.4 Å². The van der Waals surface area contributed by atoms with E-state index in [4.69, 9.17) is 19.3 Å². The van der Waals surface area contributed by atoms with E-state index >= 15 is 0 Å². The van der Waals surface area contributed by atoms with Gasteiger partial charge in [0, 0.05) is 24.2 Å². The molecule has 1 saturated heterocycles. The third kappa shape index (κ3) is 4.29. The summed E-state index contributed by atoms with van der Waals surface area (Å²) in [5.41, 5.74) is 0.531. The number of rotatable bonds is 8. The van der Waals surface area contributed by atoms with Gasteiger partial charge in [-0.3, -0.25) is 0 Å². The lowest BCUT2D eigenvalue weighted by molar-refractivity contribution is -0.142. The number of halogens is 2. The summed E-state index contributed by atoms with van der Waals surface area (Å²) >= 11 is 0. The molecule has 1 saturated carbocycles. The van der Waals surface area contributed by atoms with Crippen LogP contribution in [0.5, 0.6) is 11.6 Å². The van der Waals surface area contributed by atoms with Crippen molar-refractivity contribution in [1.29, 1.82) is 0 Å². The molecule has 30 heavy (non-hydrogen) atoms. The Labute approximate surface area is 172 Å². The van der Waals surface area contributed by atoms with Crippen LogP contribution in [0.3, 0.4) is 0 Å². The molecule has 2 aromatic rings. The number of nitrogens with zero attached hydrogens (tertiary/aromatic N) is 1. The van der Waals surface area contributed by atoms with Crippen molar-refractivity contribution in [3.63, 3.8) is 0 Å². The molecule has 1 aromatic carbocycles. The summed E-state index contributed by atoms with van der Waals surface area (Å²) < 4.78 is 43.4. The Balaban J connectivity index is 1.47. The Morgan fingerprint density at radius 3 is 2.83 bits per heavy atom. The monoisotopic (exact) mass is 419 g/mol. The molecule has 2 unspecified atom stereocenters. The molecule has 8 heteroatoms. The molecule has 2 aliphatic rings. The van der Waals surface area contributed by atoms with E-state index in [9.17, 15) is 13.6 Å². The van der Waals surface area contributed by atoms with Gasteiger partial charge in [0.05, 0.1) is 18.9 Å². The quantitative estimate of drug-likeness (QED) is 0.650. The van der Waals surface area contributed by atoms with Crippen LogP contribution in [0.4, 0.5) is 8.78 Å². The zero-order chi connectivity index (χ0) is 21.2. The van der Waals surface area contributed by atoms with Crippen LogP contribution in [0.1, 0.15) is 31.4 Å². The van der Waals surface area contributed by atoms with Gasteiger partial charge in [-0.2, -0.15) is 0 Å². The molecule has 0 radical (unpaired) electrons. The van der Waals surface area contributed by atoms with Crippen molar-refractivity contribution in [1.82, 2.24) is 4.98 Å². The molecule has 2 atom stereocenters. The van der Waals surface area contributed by atoms with Gasteiger partial charge >= 0.3 is 5.97 Å². The van der Waals surface area contributed by atoms with Gasteiger partial charge in [0.2, 0.25) is 5.88 Å². The summed E-state index contributed by atoms with van der Waals surface area (Å²) in [6, 6.07) is 8.80. The molecule has 160 valence electrons. The van der Waals surface area contributed by atoms with Crippen LogP contribution in [0.25, 0.3) is 0 Å². The van der Waals surface area contributed by atoms with Crippen LogP contribution in [-0.2, 0) is 19.7 Å². The van der Waals surface area contributed by atoms with Crippen molar-refractivity contribution < 1.29 is 32.9 Å². The van der Waals surface area contributed by atoms with Gasteiger partial charge in [0.15, 0.2) is 11.6 Å². The summed E-state index contributed by atoms with van der Waals surface area (Å²) in [6.07, 6.45) is 3.44. The van der Waals surface area contributed by atoms with Gasteiger partial charge in [-0.15, -0.1) is 0 Å². The van der Waals surface area contributed by atoms with Gasteiger partial charge in [-0.05, 0) is 49.3 Å². The molecule has 0 spiro atoms. The highest BCUT2D eigenvalue weighted by atomic mass is 19.2. The SMILES string of the molecule is O=C(O)COCCC12CCC(c3cccc(Oc4ccc(F)c(F)c4)n3)(COC1)C2. The molecular weight excluding hydrogens is 396 g/mol. The largest absolute Gasteiger partial charge is 0.480 e. The second-order valence-corrected chi connectivity index (χ2v) is 8.19. The molecule has 2 bridgehead atoms. The number of aliphatic carboxylic acids is 1. The average molecular weight is 419 g/mol. The van der Waals surface area contributed by atoms with Gasteiger partial charge in [-0.25, -0.2) is 18.6 Å². The molecule has 1 aromatic heterocycles. The molecule has 2 fully saturated rings. The number of carboxylic acids is 1. The summed E-state index contributed by atoms with van der Waals surface area (Å²) in [6.45, 7) is 1.24. The fourth-order valence-corrected chi connectivity index (χ4v) is 4.56. The molecule has 4 rings (SSSR count). The fraction of sp³-hybridized carbons (Fsp3) is 0.455. The van der Waals surface area contributed by atoms with Crippen molar-refractivity contribution >= 4 is 5.97 Å². The minimum atomic E-state index is -0.978. The first-order chi connectivity index (χ1) is 14.4. The number of benzene rings is 1. The summed E-state index contributed by atoms with van der Waals surface area (Å²) in [7, 11) is 0. The van der Waals surface area contributed by atoms with Gasteiger partial charge in [0.1, 0.15) is 12.4 Å². The molecule has 2 heterocycles. The molecule has 6 nitrogen and oxygen atoms in total. The second-order valence-electron chi connectivity index (χ2n) is 8.19. The van der Waals surface area contributed by atoms with E-state index < -0.39 is 17.6 Å². The maximum Gasteiger partial charge on any atom is 0.329 e. The van der Waals surface area contributed by atoms with Gasteiger partial charge in [-0.1, -0.05) is 6.07 Å². The zero-order valence-corrected chi connectivity index (χ0v) is 16.4. The lowest BCUT2D eigenvalue weighted by atomic mass is 9.74. The van der Waals surface area contributed by atoms with E-state index in [0.29, 0.717) is 25.7 Å². The normalized spacial score (nSPS) is 25.3. The third-order valence-electron chi connectivity index (χ3n) is 6.02. The minimum absolute atomic E-state index is 0.0601. The van der Waals surface area contributed by atoms with E-state index in [-0.39, 0.29) is 23.2 Å². The minimum Gasteiger partial charge on any atom is -0.480 e. The zero-order valence-electron chi connectivity index (χ0n) is 16.4. The summed E-state index contributed by atoms with van der Waals surface area (Å²) in [4.78, 5) is 15.3. The number of carbonyl (C=O) groups is 1. The molecule has 1 N–H and O–H groups in total. The Kier molecular flexibility index (Phi) is 5.71. The van der Waals surface area contributed by atoms with E-state index in [0.717, 1.165) is 43.5 Å². The predicted molar refractivity (Wildman–Crippen MR) is 103 cm³/mol. The standard InChI is InChI=1S/C22H23F2NO5/c23-16-5-4-15(10-17(16)24)30-19-3-1-2-18(25-19)22-7-6-21(12-22,13-29-14-22)8-9-28-11-20(26)27/h1-5,10H,6-9,11-14H2,(H,26,27). The third-order valence-corrected chi connectivity index (χ3v) is 6.02. The Morgan fingerprint density at radius 2 is 2.03 bits per heavy atom. The maximum atomic E-state index is 13.5. The van der Waals surface area contributed by atoms with Crippen molar-refractivity contribution in [3.05, 3.63) is 53.7 Å². The van der Waals surface area contributed by atoms with E-state index in [1.165, 1.54) is 6.07 Å². The molecule has 1 aliphatic carbocycles. The van der Waals surface area contributed by atoms with Crippen LogP contribution in [0.2, 0.25) is 0 Å². The maximum absolute atomic E-state index is 13.5. The van der Waals surface area contributed by atoms with Crippen LogP contribution >= 0.6 is 0 Å². The van der Waals surface area contributed by atoms with Crippen LogP contribution < -0.4 is 4.74 Å². The van der Waals surface area contributed by atoms with E-state index in [1.54, 1.807) is 6.07 Å².